The maximum atomic E-state index is 9.02. The zero-order valence-corrected chi connectivity index (χ0v) is 10.7. The molecule has 0 aliphatic rings. The zero-order valence-electron chi connectivity index (χ0n) is 10.7. The van der Waals surface area contributed by atoms with Crippen LogP contribution in [-0.4, -0.2) is 5.11 Å². The van der Waals surface area contributed by atoms with Gasteiger partial charge in [0, 0.05) is 0 Å². The number of hydrogen-bond acceptors (Lipinski definition) is 1. The number of hydrogen-bond donors (Lipinski definition) is 1. The van der Waals surface area contributed by atoms with Crippen molar-refractivity contribution in [3.8, 4) is 5.75 Å². The SMILES string of the molecule is CC(C)(C)c1ccc(O)cc1.CCCC. The van der Waals surface area contributed by atoms with E-state index in [1.807, 2.05) is 12.1 Å². The Kier molecular flexibility index (Phi) is 6.07. The Hall–Kier alpha value is -0.980. The summed E-state index contributed by atoms with van der Waals surface area (Å²) in [4.78, 5) is 0. The van der Waals surface area contributed by atoms with Gasteiger partial charge < -0.3 is 5.11 Å². The molecule has 0 bridgehead atoms. The van der Waals surface area contributed by atoms with Crippen molar-refractivity contribution in [2.45, 2.75) is 52.9 Å². The predicted octanol–water partition coefficient (Wildman–Crippen LogP) is 4.50. The summed E-state index contributed by atoms with van der Waals surface area (Å²) in [7, 11) is 0. The molecule has 0 atom stereocenters. The molecule has 0 saturated carbocycles. The third kappa shape index (κ3) is 6.16. The first-order valence-corrected chi connectivity index (χ1v) is 5.71. The summed E-state index contributed by atoms with van der Waals surface area (Å²) in [6, 6.07) is 7.35. The maximum absolute atomic E-state index is 9.02. The third-order valence-corrected chi connectivity index (χ3v) is 2.23. The van der Waals surface area contributed by atoms with E-state index < -0.39 is 0 Å². The van der Waals surface area contributed by atoms with Crippen LogP contribution >= 0.6 is 0 Å². The van der Waals surface area contributed by atoms with Crippen molar-refractivity contribution in [1.82, 2.24) is 0 Å². The van der Waals surface area contributed by atoms with Crippen LogP contribution in [0.2, 0.25) is 0 Å². The highest BCUT2D eigenvalue weighted by Crippen LogP contribution is 2.23. The van der Waals surface area contributed by atoms with E-state index in [1.54, 1.807) is 12.1 Å². The Morgan fingerprint density at radius 2 is 1.33 bits per heavy atom. The van der Waals surface area contributed by atoms with Crippen molar-refractivity contribution in [3.05, 3.63) is 29.8 Å². The van der Waals surface area contributed by atoms with Crippen LogP contribution in [0.15, 0.2) is 24.3 Å². The van der Waals surface area contributed by atoms with Gasteiger partial charge in [-0.15, -0.1) is 0 Å². The number of unbranched alkanes of at least 4 members (excludes halogenated alkanes) is 1. The van der Waals surface area contributed by atoms with E-state index in [-0.39, 0.29) is 5.41 Å². The largest absolute Gasteiger partial charge is 0.508 e. The van der Waals surface area contributed by atoms with Crippen molar-refractivity contribution in [3.63, 3.8) is 0 Å². The fourth-order valence-corrected chi connectivity index (χ4v) is 0.961. The highest BCUT2D eigenvalue weighted by Gasteiger charge is 2.12. The standard InChI is InChI=1S/C10H14O.C4H10/c1-10(2,3)8-4-6-9(11)7-5-8;1-3-4-2/h4-7,11H,1-3H3;3-4H2,1-2H3. The molecule has 1 N–H and O–H groups in total. The first-order chi connectivity index (χ1) is 6.91. The Balaban J connectivity index is 0.000000423. The van der Waals surface area contributed by atoms with Gasteiger partial charge in [0.15, 0.2) is 0 Å². The Morgan fingerprint density at radius 1 is 0.933 bits per heavy atom. The lowest BCUT2D eigenvalue weighted by Crippen LogP contribution is -2.10. The molecule has 1 aromatic carbocycles. The van der Waals surface area contributed by atoms with Gasteiger partial charge in [-0.2, -0.15) is 0 Å². The van der Waals surface area contributed by atoms with Gasteiger partial charge in [0.2, 0.25) is 0 Å². The third-order valence-electron chi connectivity index (χ3n) is 2.23. The fraction of sp³-hybridized carbons (Fsp3) is 0.571. The van der Waals surface area contributed by atoms with Crippen molar-refractivity contribution in [1.29, 1.82) is 0 Å². The summed E-state index contributed by atoms with van der Waals surface area (Å²) >= 11 is 0. The minimum atomic E-state index is 0.174. The molecule has 0 aliphatic carbocycles. The molecule has 0 spiro atoms. The van der Waals surface area contributed by atoms with Crippen LogP contribution in [0.3, 0.4) is 0 Å². The molecular weight excluding hydrogens is 184 g/mol. The minimum absolute atomic E-state index is 0.174. The smallest absolute Gasteiger partial charge is 0.115 e. The lowest BCUT2D eigenvalue weighted by atomic mass is 9.87. The topological polar surface area (TPSA) is 20.2 Å². The molecule has 0 saturated heterocycles. The van der Waals surface area contributed by atoms with Crippen molar-refractivity contribution in [2.75, 3.05) is 0 Å². The van der Waals surface area contributed by atoms with Gasteiger partial charge >= 0.3 is 0 Å². The Morgan fingerprint density at radius 3 is 1.60 bits per heavy atom. The molecule has 0 unspecified atom stereocenters. The van der Waals surface area contributed by atoms with Gasteiger partial charge in [-0.1, -0.05) is 59.6 Å². The molecule has 0 aliphatic heterocycles. The summed E-state index contributed by atoms with van der Waals surface area (Å²) in [6.07, 6.45) is 2.64. The van der Waals surface area contributed by atoms with Crippen LogP contribution in [0.1, 0.15) is 53.0 Å². The van der Waals surface area contributed by atoms with Gasteiger partial charge in [-0.05, 0) is 23.1 Å². The molecule has 15 heavy (non-hydrogen) atoms. The lowest BCUT2D eigenvalue weighted by molar-refractivity contribution is 0.474. The summed E-state index contributed by atoms with van der Waals surface area (Å²) in [6.45, 7) is 10.8. The molecule has 0 heterocycles. The monoisotopic (exact) mass is 208 g/mol. The fourth-order valence-electron chi connectivity index (χ4n) is 0.961. The Bertz CT molecular complexity index is 252. The second-order valence-corrected chi connectivity index (χ2v) is 4.80. The molecule has 1 aromatic rings. The van der Waals surface area contributed by atoms with Crippen LogP contribution in [0.25, 0.3) is 0 Å². The van der Waals surface area contributed by atoms with Gasteiger partial charge in [-0.25, -0.2) is 0 Å². The highest BCUT2D eigenvalue weighted by atomic mass is 16.3. The minimum Gasteiger partial charge on any atom is -0.508 e. The molecule has 86 valence electrons. The molecule has 1 heteroatoms. The molecule has 0 fully saturated rings. The van der Waals surface area contributed by atoms with Crippen molar-refractivity contribution in [2.24, 2.45) is 0 Å². The second-order valence-electron chi connectivity index (χ2n) is 4.80. The highest BCUT2D eigenvalue weighted by molar-refractivity contribution is 5.29. The van der Waals surface area contributed by atoms with Gasteiger partial charge in [0.1, 0.15) is 5.75 Å². The van der Waals surface area contributed by atoms with Gasteiger partial charge in [-0.3, -0.25) is 0 Å². The molecule has 1 rings (SSSR count). The molecule has 0 radical (unpaired) electrons. The van der Waals surface area contributed by atoms with E-state index >= 15 is 0 Å². The average Bonchev–Trinajstić information content (AvgIpc) is 2.17. The second kappa shape index (κ2) is 6.49. The number of aromatic hydroxyl groups is 1. The van der Waals surface area contributed by atoms with E-state index in [2.05, 4.69) is 34.6 Å². The number of phenols is 1. The number of benzene rings is 1. The van der Waals surface area contributed by atoms with Crippen LogP contribution in [0.4, 0.5) is 0 Å². The van der Waals surface area contributed by atoms with E-state index in [0.717, 1.165) is 0 Å². The van der Waals surface area contributed by atoms with E-state index in [1.165, 1.54) is 18.4 Å². The normalized spacial score (nSPS) is 10.5. The quantitative estimate of drug-likeness (QED) is 0.720. The summed E-state index contributed by atoms with van der Waals surface area (Å²) in [5.41, 5.74) is 1.42. The van der Waals surface area contributed by atoms with Crippen molar-refractivity contribution >= 4 is 0 Å². The average molecular weight is 208 g/mol. The molecule has 0 aromatic heterocycles. The number of rotatable bonds is 1. The first kappa shape index (κ1) is 14.0. The molecular formula is C14H24O. The van der Waals surface area contributed by atoms with Gasteiger partial charge in [0.05, 0.1) is 0 Å². The zero-order chi connectivity index (χ0) is 11.9. The van der Waals surface area contributed by atoms with Crippen LogP contribution in [0.5, 0.6) is 5.75 Å². The Labute approximate surface area is 94.2 Å². The van der Waals surface area contributed by atoms with E-state index in [4.69, 9.17) is 5.11 Å². The molecule has 0 amide bonds. The summed E-state index contributed by atoms with van der Waals surface area (Å²) in [5.74, 6) is 0.331. The lowest BCUT2D eigenvalue weighted by Gasteiger charge is -2.18. The van der Waals surface area contributed by atoms with Crippen molar-refractivity contribution < 1.29 is 5.11 Å². The number of phenolic OH excluding ortho intramolecular Hbond substituents is 1. The van der Waals surface area contributed by atoms with Gasteiger partial charge in [0.25, 0.3) is 0 Å². The van der Waals surface area contributed by atoms with E-state index in [0.29, 0.717) is 5.75 Å². The first-order valence-electron chi connectivity index (χ1n) is 5.71. The van der Waals surface area contributed by atoms with Crippen LogP contribution < -0.4 is 0 Å². The maximum Gasteiger partial charge on any atom is 0.115 e. The summed E-state index contributed by atoms with van der Waals surface area (Å²) < 4.78 is 0. The van der Waals surface area contributed by atoms with Crippen LogP contribution in [-0.2, 0) is 5.41 Å². The molecule has 1 nitrogen and oxygen atoms in total. The van der Waals surface area contributed by atoms with E-state index in [9.17, 15) is 0 Å². The predicted molar refractivity (Wildman–Crippen MR) is 67.4 cm³/mol. The summed E-state index contributed by atoms with van der Waals surface area (Å²) in [5, 5.41) is 9.02. The van der Waals surface area contributed by atoms with Crippen LogP contribution in [0, 0.1) is 0 Å².